The summed E-state index contributed by atoms with van der Waals surface area (Å²) < 4.78 is 6.59. The van der Waals surface area contributed by atoms with E-state index in [9.17, 15) is 0 Å². The Morgan fingerprint density at radius 3 is 2.86 bits per heavy atom. The number of hydrogen-bond donors (Lipinski definition) is 2. The van der Waals surface area contributed by atoms with E-state index in [0.29, 0.717) is 4.99 Å². The molecule has 0 bridgehead atoms. The lowest BCUT2D eigenvalue weighted by molar-refractivity contribution is 0.274. The largest absolute Gasteiger partial charge is 0.493 e. The smallest absolute Gasteiger partial charge is 0.124 e. The highest BCUT2D eigenvalue weighted by Crippen LogP contribution is 2.34. The van der Waals surface area contributed by atoms with E-state index in [4.69, 9.17) is 22.7 Å². The molecule has 0 aliphatic carbocycles. The van der Waals surface area contributed by atoms with Crippen molar-refractivity contribution in [3.63, 3.8) is 0 Å². The van der Waals surface area contributed by atoms with Crippen molar-refractivity contribution in [1.82, 2.24) is 0 Å². The molecule has 1 atom stereocenters. The quantitative estimate of drug-likeness (QED) is 0.809. The van der Waals surface area contributed by atoms with Crippen LogP contribution in [0.25, 0.3) is 0 Å². The van der Waals surface area contributed by atoms with Crippen molar-refractivity contribution in [2.45, 2.75) is 12.5 Å². The number of anilines is 1. The first-order chi connectivity index (χ1) is 10.1. The fraction of sp³-hybridized carbons (Fsp3) is 0.188. The predicted molar refractivity (Wildman–Crippen MR) is 92.9 cm³/mol. The van der Waals surface area contributed by atoms with Gasteiger partial charge in [0.1, 0.15) is 10.7 Å². The van der Waals surface area contributed by atoms with Gasteiger partial charge >= 0.3 is 0 Å². The normalized spacial score (nSPS) is 16.7. The second-order valence-corrected chi connectivity index (χ2v) is 6.22. The summed E-state index contributed by atoms with van der Waals surface area (Å²) in [6.45, 7) is 0.723. The van der Waals surface area contributed by atoms with Crippen molar-refractivity contribution in [3.05, 3.63) is 58.1 Å². The average molecular weight is 363 g/mol. The summed E-state index contributed by atoms with van der Waals surface area (Å²) in [5.41, 5.74) is 8.75. The Morgan fingerprint density at radius 1 is 1.29 bits per heavy atom. The van der Waals surface area contributed by atoms with E-state index in [1.54, 1.807) is 0 Å². The molecule has 2 aromatic carbocycles. The van der Waals surface area contributed by atoms with E-state index >= 15 is 0 Å². The van der Waals surface area contributed by atoms with Crippen LogP contribution in [0.2, 0.25) is 0 Å². The minimum absolute atomic E-state index is 0.248. The topological polar surface area (TPSA) is 47.3 Å². The third-order valence-corrected chi connectivity index (χ3v) is 4.41. The van der Waals surface area contributed by atoms with Gasteiger partial charge in [0.05, 0.1) is 12.6 Å². The molecule has 0 fully saturated rings. The lowest BCUT2D eigenvalue weighted by Gasteiger charge is -2.27. The molecule has 1 aliphatic rings. The summed E-state index contributed by atoms with van der Waals surface area (Å²) in [7, 11) is 0. The van der Waals surface area contributed by atoms with Gasteiger partial charge in [-0.3, -0.25) is 0 Å². The number of halogens is 1. The molecule has 1 heterocycles. The fourth-order valence-corrected chi connectivity index (χ4v) is 3.40. The molecule has 1 unspecified atom stereocenters. The SMILES string of the molecule is NC(=S)c1ccc(NC2CCOc3ccccc32)cc1Br. The van der Waals surface area contributed by atoms with Crippen LogP contribution in [0.1, 0.15) is 23.6 Å². The number of hydrogen-bond acceptors (Lipinski definition) is 3. The van der Waals surface area contributed by atoms with Crippen molar-refractivity contribution >= 4 is 38.8 Å². The summed E-state index contributed by atoms with van der Waals surface area (Å²) in [6, 6.07) is 14.3. The molecule has 2 aromatic rings. The van der Waals surface area contributed by atoms with Crippen molar-refractivity contribution in [2.75, 3.05) is 11.9 Å². The second kappa shape index (κ2) is 6.03. The number of nitrogens with two attached hydrogens (primary N) is 1. The Hall–Kier alpha value is -1.59. The first kappa shape index (κ1) is 14.4. The van der Waals surface area contributed by atoms with Crippen molar-refractivity contribution in [3.8, 4) is 5.75 Å². The molecule has 0 saturated carbocycles. The van der Waals surface area contributed by atoms with Crippen molar-refractivity contribution < 1.29 is 4.74 Å². The number of thiocarbonyl (C=S) groups is 1. The zero-order valence-electron chi connectivity index (χ0n) is 11.3. The lowest BCUT2D eigenvalue weighted by atomic mass is 10.00. The van der Waals surface area contributed by atoms with Gasteiger partial charge in [-0.15, -0.1) is 0 Å². The molecule has 21 heavy (non-hydrogen) atoms. The summed E-state index contributed by atoms with van der Waals surface area (Å²) in [4.78, 5) is 0.393. The molecule has 0 saturated heterocycles. The maximum absolute atomic E-state index is 5.68. The number of nitrogens with one attached hydrogen (secondary N) is 1. The van der Waals surface area contributed by atoms with E-state index in [1.807, 2.05) is 36.4 Å². The molecule has 108 valence electrons. The molecule has 5 heteroatoms. The Bertz CT molecular complexity index is 690. The maximum atomic E-state index is 5.68. The summed E-state index contributed by atoms with van der Waals surface area (Å²) in [6.07, 6.45) is 0.936. The third-order valence-electron chi connectivity index (χ3n) is 3.53. The molecule has 0 spiro atoms. The summed E-state index contributed by atoms with van der Waals surface area (Å²) >= 11 is 8.53. The Kier molecular flexibility index (Phi) is 4.12. The summed E-state index contributed by atoms with van der Waals surface area (Å²) in [5, 5.41) is 3.55. The van der Waals surface area contributed by atoms with Gasteiger partial charge in [0.25, 0.3) is 0 Å². The number of para-hydroxylation sites is 1. The van der Waals surface area contributed by atoms with E-state index in [2.05, 4.69) is 27.3 Å². The molecule has 1 aliphatic heterocycles. The highest BCUT2D eigenvalue weighted by molar-refractivity contribution is 9.10. The van der Waals surface area contributed by atoms with E-state index in [-0.39, 0.29) is 6.04 Å². The van der Waals surface area contributed by atoms with Crippen LogP contribution >= 0.6 is 28.1 Å². The Labute approximate surface area is 137 Å². The molecular formula is C16H15BrN2OS. The zero-order valence-corrected chi connectivity index (χ0v) is 13.7. The lowest BCUT2D eigenvalue weighted by Crippen LogP contribution is -2.20. The third kappa shape index (κ3) is 3.04. The molecule has 3 nitrogen and oxygen atoms in total. The molecule has 0 amide bonds. The predicted octanol–water partition coefficient (Wildman–Crippen LogP) is 4.02. The minimum Gasteiger partial charge on any atom is -0.493 e. The summed E-state index contributed by atoms with van der Waals surface area (Å²) in [5.74, 6) is 0.958. The molecule has 0 aromatic heterocycles. The standard InChI is InChI=1S/C16H15BrN2OS/c17-13-9-10(5-6-11(13)16(18)21)19-14-7-8-20-15-4-2-1-3-12(14)15/h1-6,9,14,19H,7-8H2,(H2,18,21). The Morgan fingerprint density at radius 2 is 2.10 bits per heavy atom. The molecular weight excluding hydrogens is 348 g/mol. The first-order valence-corrected chi connectivity index (χ1v) is 7.93. The van der Waals surface area contributed by atoms with Crippen LogP contribution in [0.15, 0.2) is 46.9 Å². The van der Waals surface area contributed by atoms with Gasteiger partial charge in [-0.05, 0) is 40.2 Å². The maximum Gasteiger partial charge on any atom is 0.124 e. The molecule has 3 N–H and O–H groups in total. The number of rotatable bonds is 3. The minimum atomic E-state index is 0.248. The highest BCUT2D eigenvalue weighted by Gasteiger charge is 2.20. The van der Waals surface area contributed by atoms with Crippen LogP contribution in [0, 0.1) is 0 Å². The van der Waals surface area contributed by atoms with Crippen LogP contribution in [0.3, 0.4) is 0 Å². The molecule has 0 radical (unpaired) electrons. The van der Waals surface area contributed by atoms with Crippen LogP contribution in [-0.2, 0) is 0 Å². The van der Waals surface area contributed by atoms with Gasteiger partial charge in [0, 0.05) is 27.7 Å². The zero-order chi connectivity index (χ0) is 14.8. The van der Waals surface area contributed by atoms with Crippen LogP contribution in [0.4, 0.5) is 5.69 Å². The molecule has 3 rings (SSSR count). The van der Waals surface area contributed by atoms with Crippen LogP contribution in [0.5, 0.6) is 5.75 Å². The van der Waals surface area contributed by atoms with Gasteiger partial charge in [0.15, 0.2) is 0 Å². The fourth-order valence-electron chi connectivity index (χ4n) is 2.50. The number of fused-ring (bicyclic) bond motifs is 1. The van der Waals surface area contributed by atoms with Crippen molar-refractivity contribution in [2.24, 2.45) is 5.73 Å². The number of benzene rings is 2. The Balaban J connectivity index is 1.85. The van der Waals surface area contributed by atoms with Gasteiger partial charge in [-0.25, -0.2) is 0 Å². The van der Waals surface area contributed by atoms with Gasteiger partial charge in [-0.2, -0.15) is 0 Å². The average Bonchev–Trinajstić information content (AvgIpc) is 2.47. The van der Waals surface area contributed by atoms with Crippen molar-refractivity contribution in [1.29, 1.82) is 0 Å². The van der Waals surface area contributed by atoms with Crippen LogP contribution in [-0.4, -0.2) is 11.6 Å². The number of ether oxygens (including phenoxy) is 1. The van der Waals surface area contributed by atoms with Crippen LogP contribution < -0.4 is 15.8 Å². The first-order valence-electron chi connectivity index (χ1n) is 6.73. The second-order valence-electron chi connectivity index (χ2n) is 4.93. The van der Waals surface area contributed by atoms with E-state index in [0.717, 1.165) is 34.5 Å². The monoisotopic (exact) mass is 362 g/mol. The van der Waals surface area contributed by atoms with Gasteiger partial charge in [-0.1, -0.05) is 30.4 Å². The van der Waals surface area contributed by atoms with E-state index in [1.165, 1.54) is 5.56 Å². The van der Waals surface area contributed by atoms with E-state index < -0.39 is 0 Å². The van der Waals surface area contributed by atoms with Gasteiger partial charge < -0.3 is 15.8 Å². The van der Waals surface area contributed by atoms with Gasteiger partial charge in [0.2, 0.25) is 0 Å². The highest BCUT2D eigenvalue weighted by atomic mass is 79.9.